The van der Waals surface area contributed by atoms with Gasteiger partial charge in [0.1, 0.15) is 0 Å². The summed E-state index contributed by atoms with van der Waals surface area (Å²) in [5.41, 5.74) is 1.72. The average molecular weight is 271 g/mol. The Morgan fingerprint density at radius 3 is 2.61 bits per heavy atom. The fourth-order valence-electron chi connectivity index (χ4n) is 2.13. The van der Waals surface area contributed by atoms with Gasteiger partial charge in [-0.25, -0.2) is 0 Å². The fourth-order valence-corrected chi connectivity index (χ4v) is 4.04. The molecule has 3 aliphatic rings. The number of rotatable bonds is 5. The van der Waals surface area contributed by atoms with Gasteiger partial charge in [-0.1, -0.05) is 12.7 Å². The molecule has 102 valence electrons. The number of ether oxygens (including phenoxy) is 1. The predicted molar refractivity (Wildman–Crippen MR) is 70.2 cm³/mol. The third-order valence-electron chi connectivity index (χ3n) is 3.00. The summed E-state index contributed by atoms with van der Waals surface area (Å²) in [7, 11) is -2.69. The van der Waals surface area contributed by atoms with Crippen LogP contribution >= 0.6 is 0 Å². The molecule has 0 radical (unpaired) electrons. The summed E-state index contributed by atoms with van der Waals surface area (Å²) in [4.78, 5) is 2.28. The Kier molecular flexibility index (Phi) is 5.10. The zero-order valence-corrected chi connectivity index (χ0v) is 11.7. The van der Waals surface area contributed by atoms with Gasteiger partial charge in [-0.2, -0.15) is 0 Å². The van der Waals surface area contributed by atoms with Crippen molar-refractivity contribution < 1.29 is 18.0 Å². The molecule has 3 aliphatic heterocycles. The first-order valence-corrected chi connectivity index (χ1v) is 8.08. The largest absolute Gasteiger partial charge is 0.529 e. The van der Waals surface area contributed by atoms with E-state index in [1.807, 2.05) is 0 Å². The lowest BCUT2D eigenvalue weighted by Gasteiger charge is -2.40. The van der Waals surface area contributed by atoms with Crippen LogP contribution in [-0.4, -0.2) is 65.9 Å². The molecular weight excluding hydrogens is 250 g/mol. The van der Waals surface area contributed by atoms with Gasteiger partial charge in [-0.3, -0.25) is 4.90 Å². The number of fused-ring (bicyclic) bond motifs is 6. The van der Waals surface area contributed by atoms with Crippen molar-refractivity contribution in [1.29, 1.82) is 0 Å². The smallest absolute Gasteiger partial charge is 0.375 e. The second kappa shape index (κ2) is 6.60. The van der Waals surface area contributed by atoms with Crippen molar-refractivity contribution in [1.82, 2.24) is 4.90 Å². The minimum atomic E-state index is -2.69. The summed E-state index contributed by atoms with van der Waals surface area (Å²) in [6.07, 6.45) is 1.70. The Labute approximate surface area is 109 Å². The molecular formula is C12H21NO4Si. The van der Waals surface area contributed by atoms with E-state index in [2.05, 4.69) is 18.1 Å². The quantitative estimate of drug-likeness (QED) is 0.416. The Balaban J connectivity index is 2.02. The van der Waals surface area contributed by atoms with Crippen molar-refractivity contribution in [2.24, 2.45) is 0 Å². The van der Waals surface area contributed by atoms with Gasteiger partial charge < -0.3 is 18.0 Å². The van der Waals surface area contributed by atoms with Gasteiger partial charge in [0.2, 0.25) is 0 Å². The molecule has 3 rings (SSSR count). The lowest BCUT2D eigenvalue weighted by molar-refractivity contribution is -0.0571. The third kappa shape index (κ3) is 3.50. The van der Waals surface area contributed by atoms with Gasteiger partial charge in [0.05, 0.1) is 32.5 Å². The van der Waals surface area contributed by atoms with Gasteiger partial charge in [0.15, 0.2) is 0 Å². The molecule has 0 aromatic carbocycles. The Bertz CT molecular complexity index is 290. The zero-order chi connectivity index (χ0) is 12.8. The summed E-state index contributed by atoms with van der Waals surface area (Å²) in [6.45, 7) is 12.4. The number of hydrogen-bond donors (Lipinski definition) is 0. The number of nitrogens with zero attached hydrogens (tertiary/aromatic N) is 1. The van der Waals surface area contributed by atoms with E-state index >= 15 is 0 Å². The Morgan fingerprint density at radius 1 is 1.28 bits per heavy atom. The maximum atomic E-state index is 6.02. The summed E-state index contributed by atoms with van der Waals surface area (Å²) in [5, 5.41) is 0. The fraction of sp³-hybridized carbons (Fsp3) is 0.667. The van der Waals surface area contributed by atoms with E-state index in [0.717, 1.165) is 19.6 Å². The highest BCUT2D eigenvalue weighted by molar-refractivity contribution is 6.66. The molecule has 0 amide bonds. The van der Waals surface area contributed by atoms with Crippen LogP contribution in [-0.2, 0) is 18.0 Å². The van der Waals surface area contributed by atoms with Crippen molar-refractivity contribution in [3.05, 3.63) is 24.9 Å². The first-order chi connectivity index (χ1) is 8.78. The minimum absolute atomic E-state index is 0.0322. The molecule has 0 N–H and O–H groups in total. The molecule has 3 saturated heterocycles. The molecule has 0 aromatic rings. The predicted octanol–water partition coefficient (Wildman–Crippen LogP) is 0.601. The summed E-state index contributed by atoms with van der Waals surface area (Å²) < 4.78 is 23.1. The summed E-state index contributed by atoms with van der Waals surface area (Å²) in [5.74, 6) is 0. The molecule has 3 fully saturated rings. The highest BCUT2D eigenvalue weighted by atomic mass is 28.4. The van der Waals surface area contributed by atoms with E-state index in [9.17, 15) is 0 Å². The van der Waals surface area contributed by atoms with E-state index in [1.165, 1.54) is 0 Å². The van der Waals surface area contributed by atoms with Crippen molar-refractivity contribution >= 4 is 8.80 Å². The SMILES string of the molecule is C=CCOCC1CN2CCO[Si](C=C)(OCC2)O1. The zero-order valence-electron chi connectivity index (χ0n) is 10.7. The van der Waals surface area contributed by atoms with Crippen LogP contribution in [0.25, 0.3) is 0 Å². The first-order valence-electron chi connectivity index (χ1n) is 6.28. The van der Waals surface area contributed by atoms with Crippen molar-refractivity contribution in [2.45, 2.75) is 6.10 Å². The second-order valence-corrected chi connectivity index (χ2v) is 6.80. The molecule has 0 aromatic heterocycles. The molecule has 18 heavy (non-hydrogen) atoms. The van der Waals surface area contributed by atoms with E-state index in [0.29, 0.717) is 26.4 Å². The van der Waals surface area contributed by atoms with E-state index < -0.39 is 8.80 Å². The minimum Gasteiger partial charge on any atom is -0.375 e. The van der Waals surface area contributed by atoms with Crippen LogP contribution in [0.5, 0.6) is 0 Å². The third-order valence-corrected chi connectivity index (χ3v) is 5.38. The van der Waals surface area contributed by atoms with E-state index in [-0.39, 0.29) is 6.10 Å². The average Bonchev–Trinajstić information content (AvgIpc) is 2.30. The van der Waals surface area contributed by atoms with E-state index in [1.54, 1.807) is 11.8 Å². The van der Waals surface area contributed by atoms with Gasteiger partial charge in [0, 0.05) is 19.6 Å². The van der Waals surface area contributed by atoms with Crippen molar-refractivity contribution in [2.75, 3.05) is 46.1 Å². The second-order valence-electron chi connectivity index (χ2n) is 4.37. The molecule has 0 spiro atoms. The van der Waals surface area contributed by atoms with Gasteiger partial charge >= 0.3 is 8.80 Å². The highest BCUT2D eigenvalue weighted by Gasteiger charge is 2.44. The standard InChI is InChI=1S/C12H21NO4Si/c1-3-7-14-11-12-10-13-5-8-15-18(4-2,17-12)16-9-6-13/h3-4,12H,1-2,5-11H2. The van der Waals surface area contributed by atoms with Gasteiger partial charge in [-0.15, -0.1) is 6.58 Å². The van der Waals surface area contributed by atoms with Crippen molar-refractivity contribution in [3.8, 4) is 0 Å². The van der Waals surface area contributed by atoms with Crippen LogP contribution in [0, 0.1) is 0 Å². The van der Waals surface area contributed by atoms with Crippen molar-refractivity contribution in [3.63, 3.8) is 0 Å². The normalized spacial score (nSPS) is 36.4. The van der Waals surface area contributed by atoms with Crippen LogP contribution in [0.1, 0.15) is 0 Å². The van der Waals surface area contributed by atoms with Gasteiger partial charge in [-0.05, 0) is 5.70 Å². The van der Waals surface area contributed by atoms with Crippen LogP contribution in [0.15, 0.2) is 24.9 Å². The number of hydrogen-bond acceptors (Lipinski definition) is 5. The molecule has 1 atom stereocenters. The maximum Gasteiger partial charge on any atom is 0.529 e. The van der Waals surface area contributed by atoms with Gasteiger partial charge in [0.25, 0.3) is 0 Å². The lowest BCUT2D eigenvalue weighted by atomic mass is 10.3. The van der Waals surface area contributed by atoms with Crippen LogP contribution < -0.4 is 0 Å². The molecule has 6 heteroatoms. The summed E-state index contributed by atoms with van der Waals surface area (Å²) >= 11 is 0. The Hall–Kier alpha value is -0.503. The highest BCUT2D eigenvalue weighted by Crippen LogP contribution is 2.20. The molecule has 1 unspecified atom stereocenters. The van der Waals surface area contributed by atoms with Crippen LogP contribution in [0.3, 0.4) is 0 Å². The lowest BCUT2D eigenvalue weighted by Crippen LogP contribution is -2.58. The van der Waals surface area contributed by atoms with Crippen LogP contribution in [0.2, 0.25) is 0 Å². The molecule has 0 saturated carbocycles. The van der Waals surface area contributed by atoms with E-state index in [4.69, 9.17) is 18.0 Å². The topological polar surface area (TPSA) is 40.2 Å². The summed E-state index contributed by atoms with van der Waals surface area (Å²) in [6, 6.07) is 0. The maximum absolute atomic E-state index is 6.02. The monoisotopic (exact) mass is 271 g/mol. The molecule has 0 aliphatic carbocycles. The van der Waals surface area contributed by atoms with Crippen LogP contribution in [0.4, 0.5) is 0 Å². The molecule has 5 nitrogen and oxygen atoms in total. The molecule has 3 heterocycles. The first kappa shape index (κ1) is 13.9. The molecule has 2 bridgehead atoms. The Morgan fingerprint density at radius 2 is 2.00 bits per heavy atom.